The number of benzene rings is 1. The van der Waals surface area contributed by atoms with Crippen molar-refractivity contribution < 1.29 is 0 Å². The van der Waals surface area contributed by atoms with Crippen LogP contribution in [-0.4, -0.2) is 31.6 Å². The summed E-state index contributed by atoms with van der Waals surface area (Å²) in [6.45, 7) is 3.21. The molecule has 2 heteroatoms. The van der Waals surface area contributed by atoms with Crippen molar-refractivity contribution in [3.63, 3.8) is 0 Å². The van der Waals surface area contributed by atoms with Gasteiger partial charge >= 0.3 is 0 Å². The molecule has 1 aliphatic rings. The first-order chi connectivity index (χ1) is 7.24. The second-order valence-electron chi connectivity index (χ2n) is 4.47. The van der Waals surface area contributed by atoms with Crippen LogP contribution in [0.3, 0.4) is 0 Å². The lowest BCUT2D eigenvalue weighted by molar-refractivity contribution is 0.246. The largest absolute Gasteiger partial charge is 0.309 e. The van der Waals surface area contributed by atoms with Crippen LogP contribution in [0.1, 0.15) is 24.1 Å². The van der Waals surface area contributed by atoms with Crippen molar-refractivity contribution >= 4 is 0 Å². The number of nitrogens with zero attached hydrogens (tertiary/aromatic N) is 1. The molecule has 0 amide bonds. The topological polar surface area (TPSA) is 15.3 Å². The minimum Gasteiger partial charge on any atom is -0.309 e. The van der Waals surface area contributed by atoms with Gasteiger partial charge in [-0.1, -0.05) is 31.2 Å². The van der Waals surface area contributed by atoms with Crippen LogP contribution in [0.2, 0.25) is 0 Å². The molecule has 2 rings (SSSR count). The molecule has 0 spiro atoms. The van der Waals surface area contributed by atoms with Crippen molar-refractivity contribution in [2.24, 2.45) is 0 Å². The molecule has 82 valence electrons. The van der Waals surface area contributed by atoms with Crippen LogP contribution in [0, 0.1) is 0 Å². The number of nitrogens with one attached hydrogen (secondary N) is 1. The zero-order valence-electron chi connectivity index (χ0n) is 9.83. The third-order valence-electron chi connectivity index (χ3n) is 3.29. The van der Waals surface area contributed by atoms with Gasteiger partial charge < -0.3 is 10.2 Å². The van der Waals surface area contributed by atoms with Crippen LogP contribution in [0.25, 0.3) is 0 Å². The maximum absolute atomic E-state index is 3.59. The van der Waals surface area contributed by atoms with Crippen molar-refractivity contribution in [3.8, 4) is 0 Å². The lowest BCUT2D eigenvalue weighted by Gasteiger charge is -2.27. The fraction of sp³-hybridized carbons (Fsp3) is 0.538. The van der Waals surface area contributed by atoms with Gasteiger partial charge in [-0.05, 0) is 38.2 Å². The molecule has 0 saturated heterocycles. The summed E-state index contributed by atoms with van der Waals surface area (Å²) in [6, 6.07) is 9.89. The summed E-state index contributed by atoms with van der Waals surface area (Å²) in [5.74, 6) is 0. The quantitative estimate of drug-likeness (QED) is 0.808. The van der Waals surface area contributed by atoms with Gasteiger partial charge in [0.2, 0.25) is 0 Å². The van der Waals surface area contributed by atoms with Crippen LogP contribution >= 0.6 is 0 Å². The summed E-state index contributed by atoms with van der Waals surface area (Å²) >= 11 is 0. The Hall–Kier alpha value is -0.860. The van der Waals surface area contributed by atoms with E-state index in [0.29, 0.717) is 12.1 Å². The molecule has 1 aliphatic carbocycles. The highest BCUT2D eigenvalue weighted by atomic mass is 15.1. The zero-order chi connectivity index (χ0) is 10.8. The van der Waals surface area contributed by atoms with Crippen LogP contribution in [0.4, 0.5) is 0 Å². The highest BCUT2D eigenvalue weighted by Crippen LogP contribution is 2.33. The molecule has 1 N–H and O–H groups in total. The SMILES string of the molecule is CCNC1c2ccccc2CC1N(C)C. The molecular weight excluding hydrogens is 184 g/mol. The summed E-state index contributed by atoms with van der Waals surface area (Å²) in [4.78, 5) is 2.33. The van der Waals surface area contributed by atoms with E-state index in [1.807, 2.05) is 0 Å². The van der Waals surface area contributed by atoms with Gasteiger partial charge in [0, 0.05) is 12.1 Å². The van der Waals surface area contributed by atoms with E-state index in [2.05, 4.69) is 55.5 Å². The first-order valence-electron chi connectivity index (χ1n) is 5.71. The van der Waals surface area contributed by atoms with E-state index in [-0.39, 0.29) is 0 Å². The molecule has 2 atom stereocenters. The minimum absolute atomic E-state index is 0.501. The van der Waals surface area contributed by atoms with Crippen molar-refractivity contribution in [1.82, 2.24) is 10.2 Å². The molecule has 15 heavy (non-hydrogen) atoms. The lowest BCUT2D eigenvalue weighted by Crippen LogP contribution is -2.38. The van der Waals surface area contributed by atoms with Gasteiger partial charge in [-0.2, -0.15) is 0 Å². The minimum atomic E-state index is 0.501. The van der Waals surface area contributed by atoms with Gasteiger partial charge in [-0.3, -0.25) is 0 Å². The van der Waals surface area contributed by atoms with Crippen molar-refractivity contribution in [2.45, 2.75) is 25.4 Å². The lowest BCUT2D eigenvalue weighted by atomic mass is 10.1. The summed E-state index contributed by atoms with van der Waals surface area (Å²) in [6.07, 6.45) is 1.17. The van der Waals surface area contributed by atoms with E-state index < -0.39 is 0 Å². The van der Waals surface area contributed by atoms with Crippen molar-refractivity contribution in [3.05, 3.63) is 35.4 Å². The number of likely N-dealkylation sites (N-methyl/N-ethyl adjacent to an activating group) is 2. The van der Waals surface area contributed by atoms with E-state index >= 15 is 0 Å². The molecule has 0 fully saturated rings. The van der Waals surface area contributed by atoms with Gasteiger partial charge in [0.05, 0.1) is 0 Å². The van der Waals surface area contributed by atoms with E-state index in [9.17, 15) is 0 Å². The van der Waals surface area contributed by atoms with Gasteiger partial charge in [0.25, 0.3) is 0 Å². The predicted molar refractivity (Wildman–Crippen MR) is 64.0 cm³/mol. The number of fused-ring (bicyclic) bond motifs is 1. The summed E-state index contributed by atoms with van der Waals surface area (Å²) < 4.78 is 0. The maximum atomic E-state index is 3.59. The highest BCUT2D eigenvalue weighted by Gasteiger charge is 2.32. The van der Waals surface area contributed by atoms with Crippen molar-refractivity contribution in [2.75, 3.05) is 20.6 Å². The molecule has 0 aromatic heterocycles. The Balaban J connectivity index is 2.29. The Labute approximate surface area is 92.3 Å². The van der Waals surface area contributed by atoms with Gasteiger partial charge in [-0.25, -0.2) is 0 Å². The number of hydrogen-bond donors (Lipinski definition) is 1. The Morgan fingerprint density at radius 3 is 2.73 bits per heavy atom. The van der Waals surface area contributed by atoms with E-state index in [1.165, 1.54) is 17.5 Å². The van der Waals surface area contributed by atoms with Gasteiger partial charge in [0.15, 0.2) is 0 Å². The Bertz CT molecular complexity index is 333. The van der Waals surface area contributed by atoms with Crippen LogP contribution in [0.15, 0.2) is 24.3 Å². The molecule has 1 aromatic rings. The van der Waals surface area contributed by atoms with E-state index in [4.69, 9.17) is 0 Å². The normalized spacial score (nSPS) is 24.5. The van der Waals surface area contributed by atoms with E-state index in [0.717, 1.165) is 6.54 Å². The first kappa shape index (κ1) is 10.7. The van der Waals surface area contributed by atoms with E-state index in [1.54, 1.807) is 0 Å². The summed E-state index contributed by atoms with van der Waals surface area (Å²) in [5.41, 5.74) is 2.99. The average molecular weight is 204 g/mol. The molecular formula is C13H20N2. The first-order valence-corrected chi connectivity index (χ1v) is 5.71. The molecule has 0 bridgehead atoms. The summed E-state index contributed by atoms with van der Waals surface area (Å²) in [7, 11) is 4.34. The Morgan fingerprint density at radius 2 is 2.07 bits per heavy atom. The maximum Gasteiger partial charge on any atom is 0.0483 e. The second-order valence-corrected chi connectivity index (χ2v) is 4.47. The monoisotopic (exact) mass is 204 g/mol. The molecule has 1 aromatic carbocycles. The van der Waals surface area contributed by atoms with Crippen LogP contribution in [-0.2, 0) is 6.42 Å². The highest BCUT2D eigenvalue weighted by molar-refractivity contribution is 5.37. The molecule has 2 nitrogen and oxygen atoms in total. The third-order valence-corrected chi connectivity index (χ3v) is 3.29. The fourth-order valence-corrected chi connectivity index (χ4v) is 2.52. The van der Waals surface area contributed by atoms with Gasteiger partial charge in [0.1, 0.15) is 0 Å². The molecule has 0 aliphatic heterocycles. The summed E-state index contributed by atoms with van der Waals surface area (Å²) in [5, 5.41) is 3.59. The second kappa shape index (κ2) is 4.33. The van der Waals surface area contributed by atoms with Crippen LogP contribution in [0.5, 0.6) is 0 Å². The Kier molecular flexibility index (Phi) is 3.08. The van der Waals surface area contributed by atoms with Gasteiger partial charge in [-0.15, -0.1) is 0 Å². The molecule has 2 unspecified atom stereocenters. The van der Waals surface area contributed by atoms with Crippen LogP contribution < -0.4 is 5.32 Å². The predicted octanol–water partition coefficient (Wildman–Crippen LogP) is 1.82. The number of rotatable bonds is 3. The average Bonchev–Trinajstić information content (AvgIpc) is 2.58. The third kappa shape index (κ3) is 1.92. The smallest absolute Gasteiger partial charge is 0.0483 e. The van der Waals surface area contributed by atoms with Crippen molar-refractivity contribution in [1.29, 1.82) is 0 Å². The standard InChI is InChI=1S/C13H20N2/c1-4-14-13-11-8-6-5-7-10(11)9-12(13)15(2)3/h5-8,12-14H,4,9H2,1-3H3. The zero-order valence-corrected chi connectivity index (χ0v) is 9.83. The Morgan fingerprint density at radius 1 is 1.33 bits per heavy atom. The fourth-order valence-electron chi connectivity index (χ4n) is 2.52. The number of hydrogen-bond acceptors (Lipinski definition) is 2. The molecule has 0 radical (unpaired) electrons. The molecule has 0 heterocycles. The molecule has 0 saturated carbocycles.